The van der Waals surface area contributed by atoms with E-state index in [9.17, 15) is 14.7 Å². The zero-order chi connectivity index (χ0) is 23.0. The van der Waals surface area contributed by atoms with Crippen molar-refractivity contribution in [3.8, 4) is 5.75 Å². The molecule has 1 amide bonds. The molecule has 6 nitrogen and oxygen atoms in total. The first kappa shape index (κ1) is 21.9. The normalized spacial score (nSPS) is 17.6. The smallest absolute Gasteiger partial charge is 0.300 e. The van der Waals surface area contributed by atoms with E-state index in [-0.39, 0.29) is 16.2 Å². The summed E-state index contributed by atoms with van der Waals surface area (Å²) < 4.78 is 5.22. The van der Waals surface area contributed by atoms with Crippen LogP contribution in [0.15, 0.2) is 66.4 Å². The number of amides is 1. The lowest BCUT2D eigenvalue weighted by molar-refractivity contribution is -0.132. The van der Waals surface area contributed by atoms with Crippen LogP contribution < -0.4 is 9.64 Å². The number of rotatable bonds is 4. The number of benzene rings is 2. The lowest BCUT2D eigenvalue weighted by Gasteiger charge is -2.25. The van der Waals surface area contributed by atoms with Crippen molar-refractivity contribution >= 4 is 46.3 Å². The van der Waals surface area contributed by atoms with E-state index in [0.29, 0.717) is 22.2 Å². The number of aryl methyl sites for hydroxylation is 1. The molecule has 162 valence electrons. The molecule has 0 bridgehead atoms. The Morgan fingerprint density at radius 2 is 1.84 bits per heavy atom. The number of pyridine rings is 1. The molecule has 32 heavy (non-hydrogen) atoms. The third kappa shape index (κ3) is 3.72. The van der Waals surface area contributed by atoms with Crippen molar-refractivity contribution in [1.82, 2.24) is 4.98 Å². The highest BCUT2D eigenvalue weighted by molar-refractivity contribution is 6.52. The van der Waals surface area contributed by atoms with Crippen LogP contribution in [0.5, 0.6) is 5.75 Å². The second-order valence-electron chi connectivity index (χ2n) is 7.20. The van der Waals surface area contributed by atoms with Crippen molar-refractivity contribution in [3.63, 3.8) is 0 Å². The Labute approximate surface area is 194 Å². The molecule has 1 aromatic heterocycles. The Hall–Kier alpha value is -3.35. The van der Waals surface area contributed by atoms with E-state index < -0.39 is 23.5 Å². The van der Waals surface area contributed by atoms with E-state index in [1.54, 1.807) is 54.7 Å². The predicted octanol–water partition coefficient (Wildman–Crippen LogP) is 5.33. The fraction of sp³-hybridized carbons (Fsp3) is 0.125. The topological polar surface area (TPSA) is 79.7 Å². The van der Waals surface area contributed by atoms with Crippen LogP contribution in [0.25, 0.3) is 5.76 Å². The van der Waals surface area contributed by atoms with Crippen molar-refractivity contribution in [2.75, 3.05) is 12.0 Å². The first-order chi connectivity index (χ1) is 15.3. The van der Waals surface area contributed by atoms with Gasteiger partial charge in [-0.15, -0.1) is 0 Å². The number of ether oxygens (including phenoxy) is 1. The molecule has 1 atom stereocenters. The highest BCUT2D eigenvalue weighted by Crippen LogP contribution is 2.43. The number of carbonyl (C=O) groups excluding carboxylic acids is 2. The van der Waals surface area contributed by atoms with Crippen LogP contribution in [0, 0.1) is 6.92 Å². The van der Waals surface area contributed by atoms with Crippen molar-refractivity contribution in [1.29, 1.82) is 0 Å². The summed E-state index contributed by atoms with van der Waals surface area (Å²) in [4.78, 5) is 31.9. The summed E-state index contributed by atoms with van der Waals surface area (Å²) in [6, 6.07) is 13.9. The van der Waals surface area contributed by atoms with Gasteiger partial charge in [0.05, 0.1) is 23.4 Å². The number of hydrogen-bond acceptors (Lipinski definition) is 5. The number of anilines is 1. The summed E-state index contributed by atoms with van der Waals surface area (Å²) in [6.45, 7) is 1.83. The summed E-state index contributed by atoms with van der Waals surface area (Å²) in [7, 11) is 1.47. The second-order valence-corrected chi connectivity index (χ2v) is 8.02. The number of nitrogens with zero attached hydrogens (tertiary/aromatic N) is 2. The molecule has 0 aliphatic carbocycles. The largest absolute Gasteiger partial charge is 0.507 e. The molecule has 2 aromatic carbocycles. The highest BCUT2D eigenvalue weighted by Gasteiger charge is 2.47. The van der Waals surface area contributed by atoms with Crippen LogP contribution in [-0.4, -0.2) is 28.9 Å². The lowest BCUT2D eigenvalue weighted by atomic mass is 9.98. The van der Waals surface area contributed by atoms with Crippen LogP contribution in [0.2, 0.25) is 10.0 Å². The Bertz CT molecular complexity index is 1260. The number of methoxy groups -OCH3 is 1. The van der Waals surface area contributed by atoms with Gasteiger partial charge < -0.3 is 9.84 Å². The maximum atomic E-state index is 13.2. The van der Waals surface area contributed by atoms with Gasteiger partial charge in [-0.3, -0.25) is 19.5 Å². The van der Waals surface area contributed by atoms with Gasteiger partial charge in [0, 0.05) is 22.5 Å². The van der Waals surface area contributed by atoms with Crippen LogP contribution in [0.4, 0.5) is 5.69 Å². The number of ketones is 1. The Kier molecular flexibility index (Phi) is 5.91. The maximum absolute atomic E-state index is 13.2. The van der Waals surface area contributed by atoms with Gasteiger partial charge in [-0.1, -0.05) is 35.3 Å². The minimum absolute atomic E-state index is 0.124. The number of hydrogen-bond donors (Lipinski definition) is 1. The van der Waals surface area contributed by atoms with Crippen molar-refractivity contribution < 1.29 is 19.4 Å². The minimum Gasteiger partial charge on any atom is -0.507 e. The molecule has 3 aromatic rings. The van der Waals surface area contributed by atoms with Gasteiger partial charge in [-0.2, -0.15) is 0 Å². The van der Waals surface area contributed by atoms with Crippen molar-refractivity contribution in [2.24, 2.45) is 0 Å². The predicted molar refractivity (Wildman–Crippen MR) is 123 cm³/mol. The van der Waals surface area contributed by atoms with Gasteiger partial charge in [0.1, 0.15) is 17.6 Å². The molecule has 1 fully saturated rings. The van der Waals surface area contributed by atoms with E-state index in [4.69, 9.17) is 27.9 Å². The Morgan fingerprint density at radius 1 is 1.06 bits per heavy atom. The summed E-state index contributed by atoms with van der Waals surface area (Å²) >= 11 is 12.6. The third-order valence-electron chi connectivity index (χ3n) is 5.27. The number of aliphatic hydroxyl groups is 1. The van der Waals surface area contributed by atoms with Crippen LogP contribution >= 0.6 is 23.2 Å². The van der Waals surface area contributed by atoms with Crippen molar-refractivity contribution in [2.45, 2.75) is 13.0 Å². The first-order valence-corrected chi connectivity index (χ1v) is 10.4. The molecule has 1 unspecified atom stereocenters. The molecule has 4 rings (SSSR count). The van der Waals surface area contributed by atoms with Gasteiger partial charge in [-0.05, 0) is 55.0 Å². The lowest BCUT2D eigenvalue weighted by Crippen LogP contribution is -2.29. The number of carbonyl (C=O) groups is 2. The van der Waals surface area contributed by atoms with E-state index in [1.807, 2.05) is 6.92 Å². The number of Topliss-reactive ketones (excluding diaryl/α,β-unsaturated/α-hetero) is 1. The standard InChI is InChI=1S/C24H18Cl2N2O4/c1-13-6-7-14(11-18(13)26)28-21(19-5-3-4-10-27-19)20(23(30)24(28)31)22(29)16-12-15(32-2)8-9-17(16)25/h3-12,21,29H,1-2H3/b22-20+. The van der Waals surface area contributed by atoms with E-state index in [1.165, 1.54) is 18.1 Å². The average Bonchev–Trinajstić information content (AvgIpc) is 3.07. The van der Waals surface area contributed by atoms with E-state index in [2.05, 4.69) is 4.98 Å². The molecule has 1 aliphatic heterocycles. The summed E-state index contributed by atoms with van der Waals surface area (Å²) in [6.07, 6.45) is 1.55. The fourth-order valence-corrected chi connectivity index (χ4v) is 3.99. The molecule has 0 saturated carbocycles. The molecule has 2 heterocycles. The molecular weight excluding hydrogens is 451 g/mol. The van der Waals surface area contributed by atoms with Gasteiger partial charge in [0.25, 0.3) is 11.7 Å². The third-order valence-corrected chi connectivity index (χ3v) is 6.01. The number of halogens is 2. The monoisotopic (exact) mass is 468 g/mol. The maximum Gasteiger partial charge on any atom is 0.300 e. The van der Waals surface area contributed by atoms with Gasteiger partial charge >= 0.3 is 0 Å². The summed E-state index contributed by atoms with van der Waals surface area (Å²) in [5, 5.41) is 11.8. The zero-order valence-electron chi connectivity index (χ0n) is 17.2. The van der Waals surface area contributed by atoms with Gasteiger partial charge in [-0.25, -0.2) is 0 Å². The molecule has 1 N–H and O–H groups in total. The van der Waals surface area contributed by atoms with Crippen LogP contribution in [0.1, 0.15) is 22.9 Å². The molecular formula is C24H18Cl2N2O4. The molecule has 0 radical (unpaired) electrons. The first-order valence-electron chi connectivity index (χ1n) is 9.65. The van der Waals surface area contributed by atoms with Crippen LogP contribution in [-0.2, 0) is 9.59 Å². The highest BCUT2D eigenvalue weighted by atomic mass is 35.5. The average molecular weight is 469 g/mol. The van der Waals surface area contributed by atoms with E-state index >= 15 is 0 Å². The second kappa shape index (κ2) is 8.65. The fourth-order valence-electron chi connectivity index (χ4n) is 3.61. The van der Waals surface area contributed by atoms with Gasteiger partial charge in [0.15, 0.2) is 0 Å². The minimum atomic E-state index is -0.975. The molecule has 1 saturated heterocycles. The summed E-state index contributed by atoms with van der Waals surface area (Å²) in [5.74, 6) is -1.64. The summed E-state index contributed by atoms with van der Waals surface area (Å²) in [5.41, 5.74) is 1.69. The number of aromatic nitrogens is 1. The number of aliphatic hydroxyl groups excluding tert-OH is 1. The quantitative estimate of drug-likeness (QED) is 0.317. The SMILES string of the molecule is COc1ccc(Cl)c(/C(O)=C2\C(=O)C(=O)N(c3ccc(C)c(Cl)c3)C2c2ccccn2)c1. The Balaban J connectivity index is 1.97. The molecule has 8 heteroatoms. The van der Waals surface area contributed by atoms with Gasteiger partial charge in [0.2, 0.25) is 0 Å². The molecule has 1 aliphatic rings. The van der Waals surface area contributed by atoms with Crippen LogP contribution in [0.3, 0.4) is 0 Å². The Morgan fingerprint density at radius 3 is 2.50 bits per heavy atom. The van der Waals surface area contributed by atoms with E-state index in [0.717, 1.165) is 5.56 Å². The van der Waals surface area contributed by atoms with Crippen molar-refractivity contribution in [3.05, 3.63) is 93.2 Å². The zero-order valence-corrected chi connectivity index (χ0v) is 18.7. The molecule has 0 spiro atoms.